The van der Waals surface area contributed by atoms with E-state index >= 15 is 0 Å². The Morgan fingerprint density at radius 1 is 1.38 bits per heavy atom. The molecule has 21 heavy (non-hydrogen) atoms. The lowest BCUT2D eigenvalue weighted by atomic mass is 10.2. The van der Waals surface area contributed by atoms with Crippen LogP contribution in [0, 0.1) is 0 Å². The predicted molar refractivity (Wildman–Crippen MR) is 78.2 cm³/mol. The fraction of sp³-hybridized carbons (Fsp3) is 0.286. The van der Waals surface area contributed by atoms with Crippen LogP contribution in [0.4, 0.5) is 0 Å². The number of nitrogens with zero attached hydrogens (tertiary/aromatic N) is 1. The summed E-state index contributed by atoms with van der Waals surface area (Å²) in [7, 11) is -3.00. The average Bonchev–Trinajstić information content (AvgIpc) is 2.99. The van der Waals surface area contributed by atoms with Crippen molar-refractivity contribution in [1.29, 1.82) is 0 Å². The van der Waals surface area contributed by atoms with E-state index in [0.717, 1.165) is 5.52 Å². The molecule has 1 atom stereocenters. The molecule has 1 aromatic heterocycles. The van der Waals surface area contributed by atoms with E-state index in [9.17, 15) is 13.2 Å². The first-order valence-electron chi connectivity index (χ1n) is 6.56. The van der Waals surface area contributed by atoms with Gasteiger partial charge >= 0.3 is 0 Å². The molecule has 2 aromatic rings. The van der Waals surface area contributed by atoms with Crippen LogP contribution in [0.15, 0.2) is 34.8 Å². The van der Waals surface area contributed by atoms with Crippen molar-refractivity contribution in [3.8, 4) is 0 Å². The summed E-state index contributed by atoms with van der Waals surface area (Å²) in [5.41, 5.74) is 1.37. The molecule has 0 saturated carbocycles. The number of oxazole rings is 1. The molecular weight excluding hydrogens is 292 g/mol. The van der Waals surface area contributed by atoms with Gasteiger partial charge in [0.15, 0.2) is 15.4 Å². The van der Waals surface area contributed by atoms with Gasteiger partial charge in [-0.15, -0.1) is 0 Å². The number of benzene rings is 1. The topological polar surface area (TPSA) is 89.3 Å². The van der Waals surface area contributed by atoms with Gasteiger partial charge in [-0.2, -0.15) is 0 Å². The van der Waals surface area contributed by atoms with E-state index in [1.54, 1.807) is 6.07 Å². The molecule has 0 bridgehead atoms. The van der Waals surface area contributed by atoms with E-state index in [-0.39, 0.29) is 23.5 Å². The largest absolute Gasteiger partial charge is 0.437 e. The fourth-order valence-electron chi connectivity index (χ4n) is 2.27. The second kappa shape index (κ2) is 5.33. The van der Waals surface area contributed by atoms with Gasteiger partial charge in [-0.3, -0.25) is 4.79 Å². The number of carbonyl (C=O) groups is 1. The van der Waals surface area contributed by atoms with Crippen molar-refractivity contribution in [2.24, 2.45) is 0 Å². The first-order chi connectivity index (χ1) is 10.0. The van der Waals surface area contributed by atoms with E-state index < -0.39 is 9.84 Å². The van der Waals surface area contributed by atoms with Crippen LogP contribution in [-0.2, 0) is 14.6 Å². The Kier molecular flexibility index (Phi) is 3.50. The van der Waals surface area contributed by atoms with Gasteiger partial charge in [0, 0.05) is 18.2 Å². The van der Waals surface area contributed by atoms with Gasteiger partial charge in [0.25, 0.3) is 0 Å². The van der Waals surface area contributed by atoms with E-state index in [0.29, 0.717) is 17.9 Å². The van der Waals surface area contributed by atoms with E-state index in [2.05, 4.69) is 10.3 Å². The van der Waals surface area contributed by atoms with Crippen LogP contribution in [0.5, 0.6) is 0 Å². The van der Waals surface area contributed by atoms with Crippen molar-refractivity contribution in [2.75, 3.05) is 11.5 Å². The van der Waals surface area contributed by atoms with Gasteiger partial charge in [-0.1, -0.05) is 12.1 Å². The van der Waals surface area contributed by atoms with Gasteiger partial charge in [-0.05, 0) is 18.6 Å². The Morgan fingerprint density at radius 2 is 2.19 bits per heavy atom. The number of amides is 1. The van der Waals surface area contributed by atoms with Crippen LogP contribution in [0.1, 0.15) is 12.3 Å². The Hall–Kier alpha value is -2.15. The number of hydrogen-bond acceptors (Lipinski definition) is 5. The third-order valence-electron chi connectivity index (χ3n) is 3.27. The highest BCUT2D eigenvalue weighted by Crippen LogP contribution is 2.15. The monoisotopic (exact) mass is 306 g/mol. The number of sulfone groups is 1. The van der Waals surface area contributed by atoms with Crippen molar-refractivity contribution in [1.82, 2.24) is 10.3 Å². The second-order valence-corrected chi connectivity index (χ2v) is 7.19. The highest BCUT2D eigenvalue weighted by Gasteiger charge is 2.28. The summed E-state index contributed by atoms with van der Waals surface area (Å²) < 4.78 is 28.1. The van der Waals surface area contributed by atoms with Crippen molar-refractivity contribution < 1.29 is 17.6 Å². The maximum atomic E-state index is 11.7. The standard InChI is InChI=1S/C14H14N2O4S/c17-13(15-10-7-8-21(18,19)9-10)5-6-14-16-11-3-1-2-4-12(11)20-14/h1-6,10H,7-9H2,(H,15,17)/b6-5+. The summed E-state index contributed by atoms with van der Waals surface area (Å²) in [4.78, 5) is 15.9. The smallest absolute Gasteiger partial charge is 0.244 e. The van der Waals surface area contributed by atoms with Crippen LogP contribution in [0.2, 0.25) is 0 Å². The van der Waals surface area contributed by atoms with Crippen LogP contribution in [-0.4, -0.2) is 36.9 Å². The molecule has 2 heterocycles. The first-order valence-corrected chi connectivity index (χ1v) is 8.38. The molecule has 0 radical (unpaired) electrons. The van der Waals surface area contributed by atoms with Crippen LogP contribution in [0.25, 0.3) is 17.2 Å². The van der Waals surface area contributed by atoms with Gasteiger partial charge in [0.2, 0.25) is 11.8 Å². The molecule has 1 aliphatic rings. The molecule has 1 saturated heterocycles. The Labute approximate surface area is 121 Å². The molecule has 0 spiro atoms. The minimum absolute atomic E-state index is 0.00939. The number of para-hydroxylation sites is 2. The number of aromatic nitrogens is 1. The lowest BCUT2D eigenvalue weighted by Gasteiger charge is -2.07. The van der Waals surface area contributed by atoms with Crippen molar-refractivity contribution in [2.45, 2.75) is 12.5 Å². The van der Waals surface area contributed by atoms with Gasteiger partial charge in [0.1, 0.15) is 5.52 Å². The lowest BCUT2D eigenvalue weighted by molar-refractivity contribution is -0.116. The molecule has 1 fully saturated rings. The molecule has 1 amide bonds. The van der Waals surface area contributed by atoms with Crippen molar-refractivity contribution in [3.63, 3.8) is 0 Å². The van der Waals surface area contributed by atoms with E-state index in [1.807, 2.05) is 18.2 Å². The third-order valence-corrected chi connectivity index (χ3v) is 5.03. The maximum absolute atomic E-state index is 11.7. The summed E-state index contributed by atoms with van der Waals surface area (Å²) in [5.74, 6) is 0.132. The van der Waals surface area contributed by atoms with Crippen LogP contribution in [0.3, 0.4) is 0 Å². The SMILES string of the molecule is O=C(/C=C/c1nc2ccccc2o1)NC1CCS(=O)(=O)C1. The highest BCUT2D eigenvalue weighted by atomic mass is 32.2. The molecule has 1 unspecified atom stereocenters. The number of rotatable bonds is 3. The Balaban J connectivity index is 1.64. The molecule has 1 N–H and O–H groups in total. The molecule has 110 valence electrons. The van der Waals surface area contributed by atoms with Crippen LogP contribution >= 0.6 is 0 Å². The second-order valence-electron chi connectivity index (χ2n) is 4.96. The highest BCUT2D eigenvalue weighted by molar-refractivity contribution is 7.91. The molecule has 1 aromatic carbocycles. The lowest BCUT2D eigenvalue weighted by Crippen LogP contribution is -2.34. The number of fused-ring (bicyclic) bond motifs is 1. The third kappa shape index (κ3) is 3.30. The Morgan fingerprint density at radius 3 is 2.90 bits per heavy atom. The van der Waals surface area contributed by atoms with E-state index in [1.165, 1.54) is 12.2 Å². The Bertz CT molecular complexity index is 774. The molecule has 3 rings (SSSR count). The zero-order chi connectivity index (χ0) is 14.9. The van der Waals surface area contributed by atoms with E-state index in [4.69, 9.17) is 4.42 Å². The summed E-state index contributed by atoms with van der Waals surface area (Å²) in [5, 5.41) is 2.66. The van der Waals surface area contributed by atoms with Gasteiger partial charge < -0.3 is 9.73 Å². The minimum Gasteiger partial charge on any atom is -0.437 e. The quantitative estimate of drug-likeness (QED) is 0.859. The average molecular weight is 306 g/mol. The zero-order valence-corrected chi connectivity index (χ0v) is 12.0. The number of carbonyl (C=O) groups excluding carboxylic acids is 1. The number of nitrogens with one attached hydrogen (secondary N) is 1. The first kappa shape index (κ1) is 13.8. The van der Waals surface area contributed by atoms with Crippen molar-refractivity contribution in [3.05, 3.63) is 36.2 Å². The van der Waals surface area contributed by atoms with Crippen molar-refractivity contribution >= 4 is 32.9 Å². The number of hydrogen-bond donors (Lipinski definition) is 1. The summed E-state index contributed by atoms with van der Waals surface area (Å²) >= 11 is 0. The molecule has 1 aliphatic heterocycles. The van der Waals surface area contributed by atoms with Gasteiger partial charge in [-0.25, -0.2) is 13.4 Å². The molecular formula is C14H14N2O4S. The summed E-state index contributed by atoms with van der Waals surface area (Å²) in [6.07, 6.45) is 3.24. The maximum Gasteiger partial charge on any atom is 0.244 e. The fourth-order valence-corrected chi connectivity index (χ4v) is 3.94. The van der Waals surface area contributed by atoms with Crippen LogP contribution < -0.4 is 5.32 Å². The molecule has 7 heteroatoms. The summed E-state index contributed by atoms with van der Waals surface area (Å²) in [6, 6.07) is 7.00. The molecule has 0 aliphatic carbocycles. The predicted octanol–water partition coefficient (Wildman–Crippen LogP) is 1.14. The normalized spacial score (nSPS) is 21.0. The molecule has 6 nitrogen and oxygen atoms in total. The zero-order valence-electron chi connectivity index (χ0n) is 11.2. The van der Waals surface area contributed by atoms with Gasteiger partial charge in [0.05, 0.1) is 11.5 Å². The summed E-state index contributed by atoms with van der Waals surface area (Å²) in [6.45, 7) is 0. The minimum atomic E-state index is -3.00.